The highest BCUT2D eigenvalue weighted by molar-refractivity contribution is 6.36. The van der Waals surface area contributed by atoms with Crippen molar-refractivity contribution >= 4 is 29.1 Å². The van der Waals surface area contributed by atoms with Crippen LogP contribution in [0, 0.1) is 0 Å². The first kappa shape index (κ1) is 17.9. The molecule has 0 unspecified atom stereocenters. The standard InChI is InChI=1S/C19H19Cl2NO3/c1-12(13-5-7-17-18(11-13)25-10-9-24-17)22-19(23)8-6-14-15(20)3-2-4-16(14)21/h2-5,7,11-12H,6,8-10H2,1H3,(H,22,23)/t12-/m1/s1. The van der Waals surface area contributed by atoms with Crippen molar-refractivity contribution < 1.29 is 14.3 Å². The van der Waals surface area contributed by atoms with Crippen molar-refractivity contribution in [3.63, 3.8) is 0 Å². The molecule has 0 bridgehead atoms. The Morgan fingerprint density at radius 3 is 2.52 bits per heavy atom. The van der Waals surface area contributed by atoms with Crippen LogP contribution in [0.4, 0.5) is 0 Å². The van der Waals surface area contributed by atoms with E-state index in [0.717, 1.165) is 16.9 Å². The Hall–Kier alpha value is -1.91. The third-order valence-corrected chi connectivity index (χ3v) is 4.82. The van der Waals surface area contributed by atoms with E-state index in [0.29, 0.717) is 41.9 Å². The number of hydrogen-bond acceptors (Lipinski definition) is 3. The van der Waals surface area contributed by atoms with Gasteiger partial charge in [-0.3, -0.25) is 4.79 Å². The second-order valence-corrected chi connectivity index (χ2v) is 6.71. The smallest absolute Gasteiger partial charge is 0.220 e. The van der Waals surface area contributed by atoms with Crippen LogP contribution in [-0.2, 0) is 11.2 Å². The fourth-order valence-electron chi connectivity index (χ4n) is 2.74. The summed E-state index contributed by atoms with van der Waals surface area (Å²) < 4.78 is 11.1. The third kappa shape index (κ3) is 4.39. The van der Waals surface area contributed by atoms with E-state index in [9.17, 15) is 4.79 Å². The Kier molecular flexibility index (Phi) is 5.71. The molecule has 1 N–H and O–H groups in total. The Morgan fingerprint density at radius 1 is 1.12 bits per heavy atom. The van der Waals surface area contributed by atoms with Gasteiger partial charge in [0.15, 0.2) is 11.5 Å². The van der Waals surface area contributed by atoms with Gasteiger partial charge in [-0.1, -0.05) is 35.3 Å². The number of ether oxygens (including phenoxy) is 2. The van der Waals surface area contributed by atoms with Gasteiger partial charge in [-0.25, -0.2) is 0 Å². The molecule has 0 spiro atoms. The summed E-state index contributed by atoms with van der Waals surface area (Å²) in [6.07, 6.45) is 0.816. The summed E-state index contributed by atoms with van der Waals surface area (Å²) in [7, 11) is 0. The number of carbonyl (C=O) groups excluding carboxylic acids is 1. The molecule has 6 heteroatoms. The Bertz CT molecular complexity index is 759. The monoisotopic (exact) mass is 379 g/mol. The summed E-state index contributed by atoms with van der Waals surface area (Å²) in [6.45, 7) is 3.03. The fourth-order valence-corrected chi connectivity index (χ4v) is 3.32. The predicted octanol–water partition coefficient (Wildman–Crippen LogP) is 4.57. The topological polar surface area (TPSA) is 47.6 Å². The molecule has 4 nitrogen and oxygen atoms in total. The van der Waals surface area contributed by atoms with E-state index in [4.69, 9.17) is 32.7 Å². The van der Waals surface area contributed by atoms with Gasteiger partial charge in [0.2, 0.25) is 5.91 Å². The third-order valence-electron chi connectivity index (χ3n) is 4.11. The van der Waals surface area contributed by atoms with Gasteiger partial charge in [-0.15, -0.1) is 0 Å². The number of hydrogen-bond donors (Lipinski definition) is 1. The van der Waals surface area contributed by atoms with Gasteiger partial charge in [0, 0.05) is 16.5 Å². The SMILES string of the molecule is C[C@@H](NC(=O)CCc1c(Cl)cccc1Cl)c1ccc2c(c1)OCCO2. The first-order valence-corrected chi connectivity index (χ1v) is 8.92. The van der Waals surface area contributed by atoms with E-state index in [1.165, 1.54) is 0 Å². The van der Waals surface area contributed by atoms with E-state index in [1.54, 1.807) is 18.2 Å². The lowest BCUT2D eigenvalue weighted by Gasteiger charge is -2.21. The van der Waals surface area contributed by atoms with Crippen molar-refractivity contribution in [3.05, 3.63) is 57.6 Å². The average Bonchev–Trinajstić information content (AvgIpc) is 2.61. The van der Waals surface area contributed by atoms with Crippen LogP contribution in [-0.4, -0.2) is 19.1 Å². The molecular formula is C19H19Cl2NO3. The molecule has 0 saturated heterocycles. The predicted molar refractivity (Wildman–Crippen MR) is 98.8 cm³/mol. The number of nitrogens with one attached hydrogen (secondary N) is 1. The molecule has 132 valence electrons. The van der Waals surface area contributed by atoms with E-state index in [-0.39, 0.29) is 11.9 Å². The van der Waals surface area contributed by atoms with E-state index in [1.807, 2.05) is 25.1 Å². The van der Waals surface area contributed by atoms with Crippen LogP contribution in [0.5, 0.6) is 11.5 Å². The van der Waals surface area contributed by atoms with Crippen LogP contribution >= 0.6 is 23.2 Å². The highest BCUT2D eigenvalue weighted by Crippen LogP contribution is 2.32. The van der Waals surface area contributed by atoms with Crippen molar-refractivity contribution in [1.82, 2.24) is 5.32 Å². The molecule has 25 heavy (non-hydrogen) atoms. The van der Waals surface area contributed by atoms with Crippen LogP contribution < -0.4 is 14.8 Å². The number of carbonyl (C=O) groups is 1. The van der Waals surface area contributed by atoms with Crippen molar-refractivity contribution in [2.75, 3.05) is 13.2 Å². The quantitative estimate of drug-likeness (QED) is 0.827. The Morgan fingerprint density at radius 2 is 1.80 bits per heavy atom. The molecule has 0 aliphatic carbocycles. The number of rotatable bonds is 5. The summed E-state index contributed by atoms with van der Waals surface area (Å²) in [5.41, 5.74) is 1.77. The zero-order valence-electron chi connectivity index (χ0n) is 13.9. The lowest BCUT2D eigenvalue weighted by molar-refractivity contribution is -0.121. The molecule has 1 atom stereocenters. The van der Waals surface area contributed by atoms with Crippen molar-refractivity contribution in [1.29, 1.82) is 0 Å². The number of amides is 1. The molecule has 0 radical (unpaired) electrons. The van der Waals surface area contributed by atoms with Gasteiger partial charge in [0.1, 0.15) is 13.2 Å². The first-order valence-electron chi connectivity index (χ1n) is 8.16. The number of halogens is 2. The summed E-state index contributed by atoms with van der Waals surface area (Å²) >= 11 is 12.3. The van der Waals surface area contributed by atoms with Crippen LogP contribution in [0.15, 0.2) is 36.4 Å². The van der Waals surface area contributed by atoms with Crippen molar-refractivity contribution in [3.8, 4) is 11.5 Å². The molecule has 3 rings (SSSR count). The molecule has 1 aliphatic heterocycles. The minimum absolute atomic E-state index is 0.0571. The van der Waals surface area contributed by atoms with Gasteiger partial charge in [0.05, 0.1) is 6.04 Å². The normalized spacial score (nSPS) is 14.0. The minimum atomic E-state index is -0.134. The summed E-state index contributed by atoms with van der Waals surface area (Å²) in [6, 6.07) is 10.9. The van der Waals surface area contributed by atoms with Crippen molar-refractivity contribution in [2.24, 2.45) is 0 Å². The molecule has 0 aromatic heterocycles. The maximum atomic E-state index is 12.3. The molecule has 2 aromatic carbocycles. The van der Waals surface area contributed by atoms with Gasteiger partial charge in [0.25, 0.3) is 0 Å². The molecule has 0 saturated carbocycles. The van der Waals surface area contributed by atoms with Gasteiger partial charge in [-0.2, -0.15) is 0 Å². The number of fused-ring (bicyclic) bond motifs is 1. The molecular weight excluding hydrogens is 361 g/mol. The van der Waals surface area contributed by atoms with Gasteiger partial charge < -0.3 is 14.8 Å². The van der Waals surface area contributed by atoms with E-state index >= 15 is 0 Å². The largest absolute Gasteiger partial charge is 0.486 e. The highest BCUT2D eigenvalue weighted by Gasteiger charge is 2.16. The molecule has 0 fully saturated rings. The zero-order chi connectivity index (χ0) is 17.8. The fraction of sp³-hybridized carbons (Fsp3) is 0.316. The Labute approximate surface area is 157 Å². The van der Waals surface area contributed by atoms with Crippen LogP contribution in [0.25, 0.3) is 0 Å². The maximum absolute atomic E-state index is 12.3. The lowest BCUT2D eigenvalue weighted by Crippen LogP contribution is -2.27. The van der Waals surface area contributed by atoms with E-state index in [2.05, 4.69) is 5.32 Å². The second kappa shape index (κ2) is 7.98. The highest BCUT2D eigenvalue weighted by atomic mass is 35.5. The average molecular weight is 380 g/mol. The lowest BCUT2D eigenvalue weighted by atomic mass is 10.1. The summed E-state index contributed by atoms with van der Waals surface area (Å²) in [5, 5.41) is 4.16. The van der Waals surface area contributed by atoms with Crippen molar-refractivity contribution in [2.45, 2.75) is 25.8 Å². The maximum Gasteiger partial charge on any atom is 0.220 e. The van der Waals surface area contributed by atoms with Gasteiger partial charge >= 0.3 is 0 Å². The van der Waals surface area contributed by atoms with E-state index < -0.39 is 0 Å². The molecule has 1 aliphatic rings. The molecule has 2 aromatic rings. The van der Waals surface area contributed by atoms with Crippen LogP contribution in [0.1, 0.15) is 30.5 Å². The first-order chi connectivity index (χ1) is 12.0. The Balaban J connectivity index is 1.59. The summed E-state index contributed by atoms with van der Waals surface area (Å²) in [4.78, 5) is 12.3. The second-order valence-electron chi connectivity index (χ2n) is 5.89. The minimum Gasteiger partial charge on any atom is -0.486 e. The number of benzene rings is 2. The van der Waals surface area contributed by atoms with Gasteiger partial charge in [-0.05, 0) is 48.7 Å². The zero-order valence-corrected chi connectivity index (χ0v) is 15.4. The van der Waals surface area contributed by atoms with Crippen LogP contribution in [0.3, 0.4) is 0 Å². The molecule has 1 amide bonds. The molecule has 1 heterocycles. The van der Waals surface area contributed by atoms with Crippen LogP contribution in [0.2, 0.25) is 10.0 Å². The summed E-state index contributed by atoms with van der Waals surface area (Å²) in [5.74, 6) is 1.40.